The molecule has 34 heavy (non-hydrogen) atoms. The van der Waals surface area contributed by atoms with Crippen LogP contribution in [0.5, 0.6) is 11.5 Å². The van der Waals surface area contributed by atoms with Crippen LogP contribution < -0.4 is 31.4 Å². The first-order chi connectivity index (χ1) is 16.3. The number of methoxy groups -OCH3 is 1. The van der Waals surface area contributed by atoms with E-state index in [0.717, 1.165) is 5.56 Å². The highest BCUT2D eigenvalue weighted by Gasteiger charge is 2.23. The molecule has 4 amide bonds. The molecular formula is C23H28N4O7. The number of alkyl carbamates (subject to hydrolysis) is 1. The Hall–Kier alpha value is -4.28. The van der Waals surface area contributed by atoms with Crippen LogP contribution in [0.4, 0.5) is 4.79 Å². The maximum atomic E-state index is 12.6. The number of rotatable bonds is 11. The second-order valence-electron chi connectivity index (χ2n) is 7.01. The average Bonchev–Trinajstić information content (AvgIpc) is 2.84. The number of ether oxygens (including phenoxy) is 3. The third-order valence-corrected chi connectivity index (χ3v) is 4.53. The van der Waals surface area contributed by atoms with Gasteiger partial charge in [0.1, 0.15) is 12.6 Å². The van der Waals surface area contributed by atoms with Crippen LogP contribution in [0.2, 0.25) is 0 Å². The Balaban J connectivity index is 1.96. The number of amides is 4. The highest BCUT2D eigenvalue weighted by Crippen LogP contribution is 2.27. The fourth-order valence-corrected chi connectivity index (χ4v) is 2.82. The monoisotopic (exact) mass is 472 g/mol. The van der Waals surface area contributed by atoms with Crippen molar-refractivity contribution >= 4 is 23.8 Å². The first-order valence-corrected chi connectivity index (χ1v) is 10.5. The van der Waals surface area contributed by atoms with Crippen molar-refractivity contribution in [2.45, 2.75) is 32.4 Å². The quantitative estimate of drug-likeness (QED) is 0.360. The summed E-state index contributed by atoms with van der Waals surface area (Å²) in [7, 11) is 1.44. The van der Waals surface area contributed by atoms with Gasteiger partial charge in [-0.15, -0.1) is 0 Å². The van der Waals surface area contributed by atoms with Crippen molar-refractivity contribution in [1.82, 2.24) is 16.2 Å². The molecule has 182 valence electrons. The highest BCUT2D eigenvalue weighted by molar-refractivity contribution is 5.96. The Morgan fingerprint density at radius 1 is 1.00 bits per heavy atom. The van der Waals surface area contributed by atoms with Gasteiger partial charge >= 0.3 is 6.09 Å². The van der Waals surface area contributed by atoms with Gasteiger partial charge in [-0.1, -0.05) is 30.3 Å². The summed E-state index contributed by atoms with van der Waals surface area (Å²) in [5.74, 6) is -1.22. The molecule has 11 heteroatoms. The fourth-order valence-electron chi connectivity index (χ4n) is 2.82. The average molecular weight is 472 g/mol. The molecule has 0 radical (unpaired) electrons. The van der Waals surface area contributed by atoms with Gasteiger partial charge in [0.15, 0.2) is 11.5 Å². The minimum atomic E-state index is -1.18. The van der Waals surface area contributed by atoms with Gasteiger partial charge in [-0.25, -0.2) is 4.79 Å². The smallest absolute Gasteiger partial charge is 0.408 e. The van der Waals surface area contributed by atoms with Gasteiger partial charge in [-0.3, -0.25) is 25.2 Å². The molecule has 0 aliphatic carbocycles. The van der Waals surface area contributed by atoms with Gasteiger partial charge in [0.2, 0.25) is 5.91 Å². The summed E-state index contributed by atoms with van der Waals surface area (Å²) < 4.78 is 15.7. The second kappa shape index (κ2) is 13.3. The van der Waals surface area contributed by atoms with Crippen LogP contribution in [0.3, 0.4) is 0 Å². The summed E-state index contributed by atoms with van der Waals surface area (Å²) in [6, 6.07) is 12.3. The molecule has 2 aromatic carbocycles. The second-order valence-corrected chi connectivity index (χ2v) is 7.01. The van der Waals surface area contributed by atoms with E-state index in [1.165, 1.54) is 19.2 Å². The zero-order valence-corrected chi connectivity index (χ0v) is 19.0. The normalized spacial score (nSPS) is 11.0. The van der Waals surface area contributed by atoms with Crippen LogP contribution in [-0.2, 0) is 20.9 Å². The number of benzene rings is 2. The Labute approximate surface area is 196 Å². The number of hydrogen-bond acceptors (Lipinski definition) is 7. The molecule has 0 heterocycles. The Morgan fingerprint density at radius 2 is 1.74 bits per heavy atom. The third-order valence-electron chi connectivity index (χ3n) is 4.53. The summed E-state index contributed by atoms with van der Waals surface area (Å²) in [6.07, 6.45) is -1.12. The minimum Gasteiger partial charge on any atom is -0.493 e. The molecule has 1 atom stereocenters. The van der Waals surface area contributed by atoms with Crippen molar-refractivity contribution in [3.63, 3.8) is 0 Å². The van der Waals surface area contributed by atoms with Crippen molar-refractivity contribution in [3.8, 4) is 11.5 Å². The highest BCUT2D eigenvalue weighted by atomic mass is 16.5. The predicted octanol–water partition coefficient (Wildman–Crippen LogP) is 1.42. The predicted molar refractivity (Wildman–Crippen MR) is 122 cm³/mol. The SMILES string of the molecule is CCOc1ccc(C(=O)NNC(=O)[C@H](CCC(N)=O)NC(=O)OCc2ccccc2)cc1OC. The van der Waals surface area contributed by atoms with Crippen molar-refractivity contribution < 1.29 is 33.4 Å². The van der Waals surface area contributed by atoms with Crippen molar-refractivity contribution in [3.05, 3.63) is 59.7 Å². The van der Waals surface area contributed by atoms with Crippen molar-refractivity contribution in [2.24, 2.45) is 5.73 Å². The van der Waals surface area contributed by atoms with E-state index in [9.17, 15) is 19.2 Å². The van der Waals surface area contributed by atoms with E-state index in [2.05, 4.69) is 16.2 Å². The van der Waals surface area contributed by atoms with Gasteiger partial charge in [0.25, 0.3) is 11.8 Å². The van der Waals surface area contributed by atoms with Gasteiger partial charge in [-0.05, 0) is 37.1 Å². The molecular weight excluding hydrogens is 444 g/mol. The lowest BCUT2D eigenvalue weighted by Crippen LogP contribution is -2.52. The molecule has 0 spiro atoms. The summed E-state index contributed by atoms with van der Waals surface area (Å²) in [5.41, 5.74) is 10.6. The van der Waals surface area contributed by atoms with Crippen LogP contribution in [0.1, 0.15) is 35.7 Å². The first-order valence-electron chi connectivity index (χ1n) is 10.5. The number of carbonyl (C=O) groups excluding carboxylic acids is 4. The van der Waals surface area contributed by atoms with E-state index in [-0.39, 0.29) is 25.0 Å². The van der Waals surface area contributed by atoms with Gasteiger partial charge in [0.05, 0.1) is 13.7 Å². The number of carbonyl (C=O) groups is 4. The lowest BCUT2D eigenvalue weighted by molar-refractivity contribution is -0.124. The number of nitrogens with one attached hydrogen (secondary N) is 3. The Bertz CT molecular complexity index is 998. The fraction of sp³-hybridized carbons (Fsp3) is 0.304. The summed E-state index contributed by atoms with van der Waals surface area (Å²) in [5, 5.41) is 2.38. The molecule has 0 unspecified atom stereocenters. The number of hydrazine groups is 1. The standard InChI is InChI=1S/C23H28N4O7/c1-3-33-18-11-9-16(13-19(18)32-2)21(29)26-27-22(30)17(10-12-20(24)28)25-23(31)34-14-15-7-5-4-6-8-15/h4-9,11,13,17H,3,10,12,14H2,1-2H3,(H2,24,28)(H,25,31)(H,26,29)(H,27,30)/t17-/m0/s1. The molecule has 5 N–H and O–H groups in total. The molecule has 0 aliphatic heterocycles. The molecule has 0 fully saturated rings. The van der Waals surface area contributed by atoms with E-state index in [1.807, 2.05) is 13.0 Å². The van der Waals surface area contributed by atoms with E-state index >= 15 is 0 Å². The van der Waals surface area contributed by atoms with E-state index in [0.29, 0.717) is 18.1 Å². The lowest BCUT2D eigenvalue weighted by atomic mass is 10.1. The summed E-state index contributed by atoms with van der Waals surface area (Å²) in [6.45, 7) is 2.23. The van der Waals surface area contributed by atoms with Gasteiger partial charge in [0, 0.05) is 12.0 Å². The number of hydrogen-bond donors (Lipinski definition) is 4. The van der Waals surface area contributed by atoms with E-state index < -0.39 is 29.9 Å². The zero-order valence-electron chi connectivity index (χ0n) is 19.0. The maximum Gasteiger partial charge on any atom is 0.408 e. The van der Waals surface area contributed by atoms with Crippen LogP contribution >= 0.6 is 0 Å². The van der Waals surface area contributed by atoms with Crippen molar-refractivity contribution in [1.29, 1.82) is 0 Å². The molecule has 0 saturated carbocycles. The minimum absolute atomic E-state index is 0.00680. The third kappa shape index (κ3) is 8.34. The van der Waals surface area contributed by atoms with Crippen LogP contribution in [0.15, 0.2) is 48.5 Å². The molecule has 0 bridgehead atoms. The number of primary amides is 1. The van der Waals surface area contributed by atoms with Crippen LogP contribution in [0, 0.1) is 0 Å². The first kappa shape index (κ1) is 26.0. The van der Waals surface area contributed by atoms with Gasteiger partial charge in [-0.2, -0.15) is 0 Å². The van der Waals surface area contributed by atoms with Crippen LogP contribution in [0.25, 0.3) is 0 Å². The van der Waals surface area contributed by atoms with Crippen LogP contribution in [-0.4, -0.2) is 43.6 Å². The van der Waals surface area contributed by atoms with E-state index in [4.69, 9.17) is 19.9 Å². The Morgan fingerprint density at radius 3 is 2.38 bits per heavy atom. The maximum absolute atomic E-state index is 12.6. The zero-order chi connectivity index (χ0) is 24.9. The number of nitrogens with two attached hydrogens (primary N) is 1. The van der Waals surface area contributed by atoms with Crippen molar-refractivity contribution in [2.75, 3.05) is 13.7 Å². The molecule has 0 saturated heterocycles. The molecule has 2 rings (SSSR count). The topological polar surface area (TPSA) is 158 Å². The molecule has 2 aromatic rings. The summed E-state index contributed by atoms with van der Waals surface area (Å²) >= 11 is 0. The Kier molecular flexibility index (Phi) is 10.2. The largest absolute Gasteiger partial charge is 0.493 e. The van der Waals surface area contributed by atoms with E-state index in [1.54, 1.807) is 30.3 Å². The molecule has 11 nitrogen and oxygen atoms in total. The van der Waals surface area contributed by atoms with Gasteiger partial charge < -0.3 is 25.3 Å². The molecule has 0 aromatic heterocycles. The molecule has 0 aliphatic rings. The lowest BCUT2D eigenvalue weighted by Gasteiger charge is -2.18. The summed E-state index contributed by atoms with van der Waals surface area (Å²) in [4.78, 5) is 48.3.